The van der Waals surface area contributed by atoms with Crippen LogP contribution in [0.25, 0.3) is 11.4 Å². The number of hydrogen-bond donors (Lipinski definition) is 2. The van der Waals surface area contributed by atoms with Gasteiger partial charge in [-0.15, -0.1) is 10.2 Å². The molecule has 8 nitrogen and oxygen atoms in total. The lowest BCUT2D eigenvalue weighted by Crippen LogP contribution is -2.27. The van der Waals surface area contributed by atoms with E-state index >= 15 is 0 Å². The topological polar surface area (TPSA) is 98.1 Å². The van der Waals surface area contributed by atoms with E-state index in [1.807, 2.05) is 35.8 Å². The number of aromatic nitrogens is 3. The lowest BCUT2D eigenvalue weighted by molar-refractivity contribution is -0.113. The number of thioether (sulfide) groups is 1. The van der Waals surface area contributed by atoms with Crippen LogP contribution in [-0.2, 0) is 11.3 Å². The van der Waals surface area contributed by atoms with Crippen molar-refractivity contribution < 1.29 is 14.3 Å². The molecule has 1 saturated carbocycles. The first-order chi connectivity index (χ1) is 15.6. The normalized spacial score (nSPS) is 12.9. The fourth-order valence-electron chi connectivity index (χ4n) is 3.31. The molecule has 2 aromatic carbocycles. The van der Waals surface area contributed by atoms with E-state index in [1.54, 1.807) is 31.4 Å². The lowest BCUT2D eigenvalue weighted by atomic mass is 10.1. The number of rotatable bonds is 9. The Morgan fingerprint density at radius 2 is 1.88 bits per heavy atom. The molecule has 0 radical (unpaired) electrons. The molecule has 0 bridgehead atoms. The van der Waals surface area contributed by atoms with Gasteiger partial charge in [-0.25, -0.2) is 0 Å². The zero-order chi connectivity index (χ0) is 22.5. The molecule has 0 saturated heterocycles. The predicted octanol–water partition coefficient (Wildman–Crippen LogP) is 3.60. The van der Waals surface area contributed by atoms with Crippen LogP contribution in [0.1, 0.15) is 30.1 Å². The molecule has 2 N–H and O–H groups in total. The van der Waals surface area contributed by atoms with Gasteiger partial charge in [0.15, 0.2) is 11.0 Å². The molecular weight excluding hydrogens is 426 g/mol. The van der Waals surface area contributed by atoms with Gasteiger partial charge in [0.2, 0.25) is 5.91 Å². The summed E-state index contributed by atoms with van der Waals surface area (Å²) >= 11 is 1.30. The predicted molar refractivity (Wildman–Crippen MR) is 124 cm³/mol. The number of nitrogens with zero attached hydrogens (tertiary/aromatic N) is 3. The van der Waals surface area contributed by atoms with Gasteiger partial charge in [0.1, 0.15) is 5.75 Å². The van der Waals surface area contributed by atoms with Crippen LogP contribution in [-0.4, -0.2) is 45.5 Å². The average Bonchev–Trinajstić information content (AvgIpc) is 3.53. The number of methoxy groups -OCH3 is 1. The van der Waals surface area contributed by atoms with E-state index in [-0.39, 0.29) is 23.6 Å². The highest BCUT2D eigenvalue weighted by Gasteiger charge is 2.25. The summed E-state index contributed by atoms with van der Waals surface area (Å²) in [4.78, 5) is 25.1. The number of anilines is 1. The summed E-state index contributed by atoms with van der Waals surface area (Å²) in [6.07, 6.45) is 2.01. The van der Waals surface area contributed by atoms with Gasteiger partial charge >= 0.3 is 0 Å². The highest BCUT2D eigenvalue weighted by molar-refractivity contribution is 7.99. The van der Waals surface area contributed by atoms with Crippen LogP contribution < -0.4 is 15.4 Å². The minimum atomic E-state index is -0.217. The van der Waals surface area contributed by atoms with Gasteiger partial charge in [-0.1, -0.05) is 36.0 Å². The van der Waals surface area contributed by atoms with Gasteiger partial charge in [0.05, 0.1) is 29.7 Å². The van der Waals surface area contributed by atoms with Crippen molar-refractivity contribution in [3.63, 3.8) is 0 Å². The molecule has 0 unspecified atom stereocenters. The smallest absolute Gasteiger partial charge is 0.253 e. The van der Waals surface area contributed by atoms with Gasteiger partial charge in [0, 0.05) is 12.6 Å². The Hall–Kier alpha value is -3.33. The van der Waals surface area contributed by atoms with Crippen LogP contribution in [0.5, 0.6) is 5.75 Å². The number of ether oxygens (including phenoxy) is 1. The summed E-state index contributed by atoms with van der Waals surface area (Å²) < 4.78 is 7.40. The molecule has 2 amide bonds. The van der Waals surface area contributed by atoms with Crippen LogP contribution in [0.15, 0.2) is 53.7 Å². The molecule has 9 heteroatoms. The quantitative estimate of drug-likeness (QED) is 0.483. The standard InChI is InChI=1S/C23H25N5O3S/c1-3-28-21(17-9-5-7-11-19(17)31-2)26-27-23(28)32-14-20(29)25-18-10-6-4-8-16(18)22(30)24-15-12-13-15/h4-11,15H,3,12-14H2,1-2H3,(H,24,30)(H,25,29). The van der Waals surface area contributed by atoms with Gasteiger partial charge in [0.25, 0.3) is 5.91 Å². The highest BCUT2D eigenvalue weighted by atomic mass is 32.2. The summed E-state index contributed by atoms with van der Waals surface area (Å²) in [6.45, 7) is 2.65. The monoisotopic (exact) mass is 451 g/mol. The van der Waals surface area contributed by atoms with E-state index in [0.29, 0.717) is 34.5 Å². The van der Waals surface area contributed by atoms with Crippen molar-refractivity contribution in [3.05, 3.63) is 54.1 Å². The van der Waals surface area contributed by atoms with Crippen molar-refractivity contribution in [1.29, 1.82) is 0 Å². The maximum absolute atomic E-state index is 12.6. The summed E-state index contributed by atoms with van der Waals surface area (Å²) in [7, 11) is 1.62. The number of carbonyl (C=O) groups is 2. The zero-order valence-electron chi connectivity index (χ0n) is 18.0. The zero-order valence-corrected chi connectivity index (χ0v) is 18.8. The fraction of sp³-hybridized carbons (Fsp3) is 0.304. The first-order valence-electron chi connectivity index (χ1n) is 10.5. The lowest BCUT2D eigenvalue weighted by Gasteiger charge is -2.12. The van der Waals surface area contributed by atoms with E-state index in [1.165, 1.54) is 11.8 Å². The van der Waals surface area contributed by atoms with E-state index in [4.69, 9.17) is 4.74 Å². The highest BCUT2D eigenvalue weighted by Crippen LogP contribution is 2.31. The molecule has 0 atom stereocenters. The van der Waals surface area contributed by atoms with Crippen LogP contribution in [0.2, 0.25) is 0 Å². The number of carbonyl (C=O) groups excluding carboxylic acids is 2. The van der Waals surface area contributed by atoms with Crippen molar-refractivity contribution in [1.82, 2.24) is 20.1 Å². The molecule has 166 valence electrons. The van der Waals surface area contributed by atoms with Gasteiger partial charge < -0.3 is 19.9 Å². The van der Waals surface area contributed by atoms with E-state index in [9.17, 15) is 9.59 Å². The maximum atomic E-state index is 12.6. The second kappa shape index (κ2) is 9.86. The van der Waals surface area contributed by atoms with Crippen molar-refractivity contribution >= 4 is 29.3 Å². The number of amides is 2. The van der Waals surface area contributed by atoms with Crippen molar-refractivity contribution in [3.8, 4) is 17.1 Å². The molecule has 1 aliphatic rings. The minimum Gasteiger partial charge on any atom is -0.496 e. The second-order valence-corrected chi connectivity index (χ2v) is 8.32. The Kier molecular flexibility index (Phi) is 6.75. The fourth-order valence-corrected chi connectivity index (χ4v) is 4.11. The van der Waals surface area contributed by atoms with Crippen LogP contribution in [0, 0.1) is 0 Å². The third kappa shape index (κ3) is 4.94. The molecule has 0 aliphatic heterocycles. The number of hydrogen-bond acceptors (Lipinski definition) is 6. The first-order valence-corrected chi connectivity index (χ1v) is 11.5. The Morgan fingerprint density at radius 1 is 1.12 bits per heavy atom. The minimum absolute atomic E-state index is 0.142. The Labute approximate surface area is 190 Å². The van der Waals surface area contributed by atoms with Crippen molar-refractivity contribution in [2.45, 2.75) is 37.5 Å². The van der Waals surface area contributed by atoms with E-state index < -0.39 is 0 Å². The Bertz CT molecular complexity index is 1130. The Balaban J connectivity index is 1.44. The van der Waals surface area contributed by atoms with E-state index in [0.717, 1.165) is 18.4 Å². The van der Waals surface area contributed by atoms with Gasteiger partial charge in [-0.05, 0) is 44.0 Å². The van der Waals surface area contributed by atoms with Gasteiger partial charge in [-0.3, -0.25) is 9.59 Å². The summed E-state index contributed by atoms with van der Waals surface area (Å²) in [5.74, 6) is 1.16. The molecule has 1 fully saturated rings. The molecule has 1 aromatic heterocycles. The number of para-hydroxylation sites is 2. The first kappa shape index (κ1) is 21.9. The largest absolute Gasteiger partial charge is 0.496 e. The maximum Gasteiger partial charge on any atom is 0.253 e. The van der Waals surface area contributed by atoms with Gasteiger partial charge in [-0.2, -0.15) is 0 Å². The van der Waals surface area contributed by atoms with Crippen molar-refractivity contribution in [2.24, 2.45) is 0 Å². The molecular formula is C23H25N5O3S. The number of nitrogens with one attached hydrogen (secondary N) is 2. The van der Waals surface area contributed by atoms with Crippen LogP contribution in [0.3, 0.4) is 0 Å². The second-order valence-electron chi connectivity index (χ2n) is 7.38. The SMILES string of the molecule is CCn1c(SCC(=O)Nc2ccccc2C(=O)NC2CC2)nnc1-c1ccccc1OC. The third-order valence-electron chi connectivity index (χ3n) is 5.07. The summed E-state index contributed by atoms with van der Waals surface area (Å²) in [5.41, 5.74) is 1.81. The molecule has 3 aromatic rings. The third-order valence-corrected chi connectivity index (χ3v) is 6.04. The molecule has 0 spiro atoms. The molecule has 4 rings (SSSR count). The van der Waals surface area contributed by atoms with E-state index in [2.05, 4.69) is 20.8 Å². The average molecular weight is 452 g/mol. The van der Waals surface area contributed by atoms with Crippen molar-refractivity contribution in [2.75, 3.05) is 18.2 Å². The molecule has 1 aliphatic carbocycles. The summed E-state index contributed by atoms with van der Waals surface area (Å²) in [6, 6.07) is 14.9. The van der Waals surface area contributed by atoms with Crippen LogP contribution >= 0.6 is 11.8 Å². The summed E-state index contributed by atoms with van der Waals surface area (Å²) in [5, 5.41) is 15.1. The number of benzene rings is 2. The Morgan fingerprint density at radius 3 is 2.62 bits per heavy atom. The van der Waals surface area contributed by atoms with Crippen LogP contribution in [0.4, 0.5) is 5.69 Å². The molecule has 32 heavy (non-hydrogen) atoms. The molecule has 1 heterocycles.